The van der Waals surface area contributed by atoms with E-state index in [2.05, 4.69) is 0 Å². The molecule has 1 radical (unpaired) electrons. The molecule has 31 valence electrons. The number of hydrogen-bond donors (Lipinski definition) is 1. The van der Waals surface area contributed by atoms with Crippen molar-refractivity contribution in [1.82, 2.24) is 0 Å². The molecule has 0 aliphatic heterocycles. The van der Waals surface area contributed by atoms with Gasteiger partial charge < -0.3 is 5.11 Å². The summed E-state index contributed by atoms with van der Waals surface area (Å²) in [4.78, 5) is 9.00. The molecule has 0 fully saturated rings. The third-order valence-electron chi connectivity index (χ3n) is 0. The van der Waals surface area contributed by atoms with E-state index in [4.69, 9.17) is 9.90 Å². The minimum atomic E-state index is -0.833. The fraction of sp³-hybridized carbons (Fsp3) is 0.500. The Morgan fingerprint density at radius 2 is 1.80 bits per heavy atom. The zero-order valence-corrected chi connectivity index (χ0v) is 3.91. The number of carboxylic acid groups (broad SMARTS) is 1. The van der Waals surface area contributed by atoms with Gasteiger partial charge >= 0.3 is 0 Å². The van der Waals surface area contributed by atoms with Crippen molar-refractivity contribution in [2.75, 3.05) is 0 Å². The second-order valence-corrected chi connectivity index (χ2v) is 0.519. The Labute approximate surface area is 40.7 Å². The van der Waals surface area contributed by atoms with Gasteiger partial charge in [0.05, 0.1) is 0 Å². The van der Waals surface area contributed by atoms with Gasteiger partial charge in [-0.25, -0.2) is 0 Å². The first-order chi connectivity index (χ1) is 1.73. The number of aliphatic carboxylic acids is 1. The molecule has 2 nitrogen and oxygen atoms in total. The maximum absolute atomic E-state index is 9.00. The summed E-state index contributed by atoms with van der Waals surface area (Å²) in [5, 5.41) is 7.42. The molecule has 0 spiro atoms. The average Bonchev–Trinajstić information content (AvgIpc) is 0.811. The average molecular weight is 115 g/mol. The Balaban J connectivity index is 0. The van der Waals surface area contributed by atoms with Crippen LogP contribution < -0.4 is 0 Å². The topological polar surface area (TPSA) is 37.3 Å². The standard InChI is InChI=1S/C2H4O2.Mn/c1-2(3)4;/h1H3,(H,3,4);. The van der Waals surface area contributed by atoms with Gasteiger partial charge in [-0.15, -0.1) is 0 Å². The van der Waals surface area contributed by atoms with Gasteiger partial charge in [0.25, 0.3) is 5.97 Å². The van der Waals surface area contributed by atoms with Crippen LogP contribution in [0.4, 0.5) is 0 Å². The van der Waals surface area contributed by atoms with E-state index in [1.165, 1.54) is 0 Å². The van der Waals surface area contributed by atoms with Crippen molar-refractivity contribution >= 4 is 5.97 Å². The van der Waals surface area contributed by atoms with Crippen molar-refractivity contribution in [2.45, 2.75) is 6.92 Å². The van der Waals surface area contributed by atoms with E-state index in [0.29, 0.717) is 0 Å². The summed E-state index contributed by atoms with van der Waals surface area (Å²) < 4.78 is 0. The quantitative estimate of drug-likeness (QED) is 0.454. The largest absolute Gasteiger partial charge is 0.481 e. The second-order valence-electron chi connectivity index (χ2n) is 0.519. The van der Waals surface area contributed by atoms with Crippen molar-refractivity contribution < 1.29 is 27.0 Å². The number of rotatable bonds is 0. The van der Waals surface area contributed by atoms with Gasteiger partial charge in [0.15, 0.2) is 0 Å². The Hall–Kier alpha value is -0.0105. The fourth-order valence-electron chi connectivity index (χ4n) is 0. The molecule has 5 heavy (non-hydrogen) atoms. The zero-order valence-electron chi connectivity index (χ0n) is 2.73. The molecule has 0 aliphatic rings. The zero-order chi connectivity index (χ0) is 3.58. The van der Waals surface area contributed by atoms with Gasteiger partial charge in [-0.05, 0) is 0 Å². The van der Waals surface area contributed by atoms with E-state index in [1.807, 2.05) is 0 Å². The third kappa shape index (κ3) is 143000. The molecule has 0 bridgehead atoms. The van der Waals surface area contributed by atoms with E-state index in [0.717, 1.165) is 6.92 Å². The molecule has 0 aliphatic carbocycles. The monoisotopic (exact) mass is 115 g/mol. The predicted molar refractivity (Wildman–Crippen MR) is 13.3 cm³/mol. The molecular weight excluding hydrogens is 111 g/mol. The summed E-state index contributed by atoms with van der Waals surface area (Å²) in [7, 11) is 0. The smallest absolute Gasteiger partial charge is 0.300 e. The molecule has 0 aromatic heterocycles. The molecule has 1 N–H and O–H groups in total. The molecule has 0 aromatic carbocycles. The van der Waals surface area contributed by atoms with E-state index >= 15 is 0 Å². The Morgan fingerprint density at radius 1 is 1.80 bits per heavy atom. The first kappa shape index (κ1) is 8.89. The van der Waals surface area contributed by atoms with Crippen molar-refractivity contribution in [3.8, 4) is 0 Å². The van der Waals surface area contributed by atoms with Gasteiger partial charge in [-0.1, -0.05) is 0 Å². The molecular formula is C2H4MnO2. The van der Waals surface area contributed by atoms with E-state index in [-0.39, 0.29) is 17.1 Å². The van der Waals surface area contributed by atoms with Crippen molar-refractivity contribution in [3.63, 3.8) is 0 Å². The van der Waals surface area contributed by atoms with Crippen molar-refractivity contribution in [2.24, 2.45) is 0 Å². The summed E-state index contributed by atoms with van der Waals surface area (Å²) in [6, 6.07) is 0. The Morgan fingerprint density at radius 3 is 1.80 bits per heavy atom. The van der Waals surface area contributed by atoms with Crippen LogP contribution in [0, 0.1) is 0 Å². The first-order valence-electron chi connectivity index (χ1n) is 0.928. The molecule has 0 atom stereocenters. The number of carbonyl (C=O) groups is 1. The summed E-state index contributed by atoms with van der Waals surface area (Å²) >= 11 is 0. The van der Waals surface area contributed by atoms with Crippen LogP contribution in [0.5, 0.6) is 0 Å². The molecule has 0 saturated heterocycles. The van der Waals surface area contributed by atoms with Crippen LogP contribution in [-0.2, 0) is 21.9 Å². The van der Waals surface area contributed by atoms with E-state index < -0.39 is 5.97 Å². The molecule has 0 rings (SSSR count). The number of carboxylic acids is 1. The minimum Gasteiger partial charge on any atom is -0.481 e. The van der Waals surface area contributed by atoms with Crippen LogP contribution in [0.2, 0.25) is 0 Å². The molecule has 0 aromatic rings. The molecule has 0 heterocycles. The molecule has 3 heteroatoms. The van der Waals surface area contributed by atoms with Gasteiger partial charge in [0, 0.05) is 24.0 Å². The van der Waals surface area contributed by atoms with Gasteiger partial charge in [-0.3, -0.25) is 4.79 Å². The van der Waals surface area contributed by atoms with Crippen LogP contribution >= 0.6 is 0 Å². The third-order valence-corrected chi connectivity index (χ3v) is 0. The molecule has 0 unspecified atom stereocenters. The fourth-order valence-corrected chi connectivity index (χ4v) is 0. The van der Waals surface area contributed by atoms with Crippen molar-refractivity contribution in [1.29, 1.82) is 0 Å². The van der Waals surface area contributed by atoms with Gasteiger partial charge in [0.2, 0.25) is 0 Å². The van der Waals surface area contributed by atoms with Crippen LogP contribution in [0.15, 0.2) is 0 Å². The maximum Gasteiger partial charge on any atom is 0.300 e. The second kappa shape index (κ2) is 3.99. The Kier molecular flexibility index (Phi) is 7.09. The maximum atomic E-state index is 9.00. The molecule has 0 amide bonds. The van der Waals surface area contributed by atoms with Crippen LogP contribution in [0.1, 0.15) is 6.92 Å². The van der Waals surface area contributed by atoms with Crippen LogP contribution in [-0.4, -0.2) is 11.1 Å². The van der Waals surface area contributed by atoms with Gasteiger partial charge in [0.1, 0.15) is 0 Å². The predicted octanol–water partition coefficient (Wildman–Crippen LogP) is 0.0884. The first-order valence-corrected chi connectivity index (χ1v) is 0.928. The van der Waals surface area contributed by atoms with Crippen LogP contribution in [0.25, 0.3) is 0 Å². The van der Waals surface area contributed by atoms with Crippen LogP contribution in [0.3, 0.4) is 0 Å². The minimum absolute atomic E-state index is 0. The summed E-state index contributed by atoms with van der Waals surface area (Å²) in [5.74, 6) is -0.833. The number of hydrogen-bond acceptors (Lipinski definition) is 1. The van der Waals surface area contributed by atoms with E-state index in [1.54, 1.807) is 0 Å². The summed E-state index contributed by atoms with van der Waals surface area (Å²) in [6.07, 6.45) is 0. The normalized spacial score (nSPS) is 5.00. The summed E-state index contributed by atoms with van der Waals surface area (Å²) in [6.45, 7) is 1.08. The summed E-state index contributed by atoms with van der Waals surface area (Å²) in [5.41, 5.74) is 0. The Bertz CT molecular complexity index is 30.6. The van der Waals surface area contributed by atoms with Crippen molar-refractivity contribution in [3.05, 3.63) is 0 Å². The molecule has 0 saturated carbocycles. The van der Waals surface area contributed by atoms with E-state index in [9.17, 15) is 0 Å². The van der Waals surface area contributed by atoms with Gasteiger partial charge in [-0.2, -0.15) is 0 Å². The SMILES string of the molecule is CC(=O)O.[Mn].